The van der Waals surface area contributed by atoms with Crippen molar-refractivity contribution in [1.29, 1.82) is 0 Å². The lowest BCUT2D eigenvalue weighted by atomic mass is 9.97. The Labute approximate surface area is 159 Å². The number of para-hydroxylation sites is 2. The number of piperidine rings is 1. The third-order valence-corrected chi connectivity index (χ3v) is 5.25. The average molecular weight is 363 g/mol. The number of nitrogens with one attached hydrogen (secondary N) is 1. The molecule has 0 radical (unpaired) electrons. The van der Waals surface area contributed by atoms with Gasteiger partial charge >= 0.3 is 0 Å². The van der Waals surface area contributed by atoms with Crippen LogP contribution < -0.4 is 5.32 Å². The number of pyridine rings is 1. The van der Waals surface area contributed by atoms with Crippen LogP contribution in [-0.4, -0.2) is 45.0 Å². The van der Waals surface area contributed by atoms with Crippen molar-refractivity contribution >= 4 is 16.9 Å². The Bertz CT molecular complexity index is 921. The molecule has 1 aliphatic heterocycles. The van der Waals surface area contributed by atoms with E-state index in [-0.39, 0.29) is 5.91 Å². The number of aromatic nitrogens is 3. The molecule has 1 atom stereocenters. The quantitative estimate of drug-likeness (QED) is 0.756. The van der Waals surface area contributed by atoms with Crippen LogP contribution >= 0.6 is 0 Å². The highest BCUT2D eigenvalue weighted by Gasteiger charge is 2.26. The highest BCUT2D eigenvalue weighted by atomic mass is 16.2. The molecule has 140 valence electrons. The van der Waals surface area contributed by atoms with Crippen molar-refractivity contribution in [3.05, 3.63) is 60.2 Å². The van der Waals surface area contributed by atoms with E-state index in [4.69, 9.17) is 4.98 Å². The third-order valence-electron chi connectivity index (χ3n) is 5.25. The van der Waals surface area contributed by atoms with E-state index < -0.39 is 0 Å². The average Bonchev–Trinajstić information content (AvgIpc) is 3.04. The van der Waals surface area contributed by atoms with Gasteiger partial charge in [-0.1, -0.05) is 18.2 Å². The molecule has 0 saturated carbocycles. The highest BCUT2D eigenvalue weighted by molar-refractivity contribution is 5.78. The highest BCUT2D eigenvalue weighted by Crippen LogP contribution is 2.28. The summed E-state index contributed by atoms with van der Waals surface area (Å²) in [6.07, 6.45) is 3.94. The molecule has 0 unspecified atom stereocenters. The van der Waals surface area contributed by atoms with Gasteiger partial charge in [0.05, 0.1) is 29.8 Å². The summed E-state index contributed by atoms with van der Waals surface area (Å²) in [6.45, 7) is 2.72. The van der Waals surface area contributed by atoms with Gasteiger partial charge in [0.2, 0.25) is 5.91 Å². The van der Waals surface area contributed by atoms with Crippen molar-refractivity contribution in [2.24, 2.45) is 7.05 Å². The summed E-state index contributed by atoms with van der Waals surface area (Å²) in [6, 6.07) is 14.0. The molecule has 3 aromatic rings. The molecule has 6 nitrogen and oxygen atoms in total. The fourth-order valence-electron chi connectivity index (χ4n) is 3.89. The normalized spacial score (nSPS) is 17.9. The predicted octanol–water partition coefficient (Wildman–Crippen LogP) is 2.46. The van der Waals surface area contributed by atoms with Crippen LogP contribution in [-0.2, 0) is 18.4 Å². The minimum atomic E-state index is 0.0475. The van der Waals surface area contributed by atoms with Gasteiger partial charge in [0.25, 0.3) is 0 Å². The maximum absolute atomic E-state index is 12.3. The van der Waals surface area contributed by atoms with Crippen LogP contribution in [0.15, 0.2) is 48.7 Å². The van der Waals surface area contributed by atoms with Crippen molar-refractivity contribution in [3.8, 4) is 0 Å². The molecule has 0 spiro atoms. The first-order valence-corrected chi connectivity index (χ1v) is 9.51. The molecule has 27 heavy (non-hydrogen) atoms. The zero-order chi connectivity index (χ0) is 18.6. The standard InChI is InChI=1S/C21H25N5O/c1-25-19-10-3-2-9-18(19)24-21(25)16-7-6-12-26(14-16)15-20(27)23-13-17-8-4-5-11-22-17/h2-5,8-11,16H,6-7,12-15H2,1H3,(H,23,27)/t16-/m0/s1. The van der Waals surface area contributed by atoms with Gasteiger partial charge in [0.15, 0.2) is 0 Å². The van der Waals surface area contributed by atoms with Gasteiger partial charge in [-0.2, -0.15) is 0 Å². The molecule has 1 fully saturated rings. The van der Waals surface area contributed by atoms with E-state index in [0.717, 1.165) is 48.5 Å². The Hall–Kier alpha value is -2.73. The molecule has 3 heterocycles. The van der Waals surface area contributed by atoms with Gasteiger partial charge in [0.1, 0.15) is 5.82 Å². The summed E-state index contributed by atoms with van der Waals surface area (Å²) in [7, 11) is 2.09. The maximum Gasteiger partial charge on any atom is 0.234 e. The predicted molar refractivity (Wildman–Crippen MR) is 105 cm³/mol. The second-order valence-corrected chi connectivity index (χ2v) is 7.19. The number of nitrogens with zero attached hydrogens (tertiary/aromatic N) is 4. The number of carbonyl (C=O) groups excluding carboxylic acids is 1. The van der Waals surface area contributed by atoms with Crippen LogP contribution in [0.1, 0.15) is 30.3 Å². The first-order valence-electron chi connectivity index (χ1n) is 9.51. The van der Waals surface area contributed by atoms with E-state index in [1.54, 1.807) is 6.20 Å². The molecule has 4 rings (SSSR count). The lowest BCUT2D eigenvalue weighted by molar-refractivity contribution is -0.122. The van der Waals surface area contributed by atoms with E-state index in [9.17, 15) is 4.79 Å². The first kappa shape index (κ1) is 17.7. The summed E-state index contributed by atoms with van der Waals surface area (Å²) in [5.41, 5.74) is 3.08. The number of aryl methyl sites for hydroxylation is 1. The Kier molecular flexibility index (Phi) is 5.16. The number of carbonyl (C=O) groups is 1. The summed E-state index contributed by atoms with van der Waals surface area (Å²) in [5.74, 6) is 1.53. The number of hydrogen-bond acceptors (Lipinski definition) is 4. The maximum atomic E-state index is 12.3. The van der Waals surface area contributed by atoms with Crippen LogP contribution in [0.3, 0.4) is 0 Å². The number of benzene rings is 1. The van der Waals surface area contributed by atoms with Crippen LogP contribution in [0.2, 0.25) is 0 Å². The van der Waals surface area contributed by atoms with Crippen molar-refractivity contribution in [1.82, 2.24) is 24.8 Å². The lowest BCUT2D eigenvalue weighted by Gasteiger charge is -2.31. The van der Waals surface area contributed by atoms with Crippen molar-refractivity contribution < 1.29 is 4.79 Å². The minimum Gasteiger partial charge on any atom is -0.349 e. The van der Waals surface area contributed by atoms with Crippen LogP contribution in [0, 0.1) is 0 Å². The number of likely N-dealkylation sites (tertiary alicyclic amines) is 1. The summed E-state index contributed by atoms with van der Waals surface area (Å²) < 4.78 is 2.20. The van der Waals surface area contributed by atoms with Crippen molar-refractivity contribution in [2.75, 3.05) is 19.6 Å². The van der Waals surface area contributed by atoms with Gasteiger partial charge in [-0.15, -0.1) is 0 Å². The molecule has 1 aliphatic rings. The zero-order valence-electron chi connectivity index (χ0n) is 15.6. The van der Waals surface area contributed by atoms with Gasteiger partial charge < -0.3 is 9.88 Å². The van der Waals surface area contributed by atoms with Gasteiger partial charge in [-0.25, -0.2) is 4.98 Å². The monoisotopic (exact) mass is 363 g/mol. The number of amides is 1. The Morgan fingerprint density at radius 1 is 1.22 bits per heavy atom. The molecular formula is C21H25N5O. The second kappa shape index (κ2) is 7.88. The van der Waals surface area contributed by atoms with Gasteiger partial charge in [-0.05, 0) is 43.7 Å². The largest absolute Gasteiger partial charge is 0.349 e. The van der Waals surface area contributed by atoms with Gasteiger partial charge in [0, 0.05) is 25.7 Å². The van der Waals surface area contributed by atoms with Crippen LogP contribution in [0.4, 0.5) is 0 Å². The Balaban J connectivity index is 1.37. The first-order chi connectivity index (χ1) is 13.2. The molecule has 1 N–H and O–H groups in total. The molecule has 1 aromatic carbocycles. The van der Waals surface area contributed by atoms with Crippen molar-refractivity contribution in [2.45, 2.75) is 25.3 Å². The molecule has 1 saturated heterocycles. The van der Waals surface area contributed by atoms with E-state index >= 15 is 0 Å². The smallest absolute Gasteiger partial charge is 0.234 e. The van der Waals surface area contributed by atoms with Crippen LogP contribution in [0.25, 0.3) is 11.0 Å². The Morgan fingerprint density at radius 2 is 2.07 bits per heavy atom. The molecule has 6 heteroatoms. The number of fused-ring (bicyclic) bond motifs is 1. The topological polar surface area (TPSA) is 63.1 Å². The van der Waals surface area contributed by atoms with Gasteiger partial charge in [-0.3, -0.25) is 14.7 Å². The van der Waals surface area contributed by atoms with Crippen molar-refractivity contribution in [3.63, 3.8) is 0 Å². The fraction of sp³-hybridized carbons (Fsp3) is 0.381. The van der Waals surface area contributed by atoms with E-state index in [2.05, 4.69) is 38.9 Å². The lowest BCUT2D eigenvalue weighted by Crippen LogP contribution is -2.42. The summed E-state index contributed by atoms with van der Waals surface area (Å²) in [5, 5.41) is 2.97. The van der Waals surface area contributed by atoms with E-state index in [1.165, 1.54) is 0 Å². The second-order valence-electron chi connectivity index (χ2n) is 7.19. The summed E-state index contributed by atoms with van der Waals surface area (Å²) in [4.78, 5) is 23.7. The number of hydrogen-bond donors (Lipinski definition) is 1. The van der Waals surface area contributed by atoms with Crippen LogP contribution in [0.5, 0.6) is 0 Å². The fourth-order valence-corrected chi connectivity index (χ4v) is 3.89. The molecular weight excluding hydrogens is 338 g/mol. The zero-order valence-corrected chi connectivity index (χ0v) is 15.6. The third kappa shape index (κ3) is 4.01. The SMILES string of the molecule is Cn1c([C@H]2CCCN(CC(=O)NCc3ccccn3)C2)nc2ccccc21. The minimum absolute atomic E-state index is 0.0475. The molecule has 0 aliphatic carbocycles. The van der Waals surface area contributed by atoms with E-state index in [0.29, 0.717) is 19.0 Å². The van der Waals surface area contributed by atoms with E-state index in [1.807, 2.05) is 30.3 Å². The molecule has 0 bridgehead atoms. The Morgan fingerprint density at radius 3 is 2.89 bits per heavy atom. The molecule has 2 aromatic heterocycles. The number of rotatable bonds is 5. The number of imidazole rings is 1. The molecule has 1 amide bonds. The summed E-state index contributed by atoms with van der Waals surface area (Å²) >= 11 is 0.